The zero-order valence-electron chi connectivity index (χ0n) is 14.1. The molecule has 24 heavy (non-hydrogen) atoms. The molecule has 2 aromatic heterocycles. The van der Waals surface area contributed by atoms with Crippen molar-refractivity contribution >= 4 is 16.8 Å². The molecule has 124 valence electrons. The van der Waals surface area contributed by atoms with Crippen LogP contribution in [0.1, 0.15) is 34.1 Å². The third kappa shape index (κ3) is 3.25. The van der Waals surface area contributed by atoms with Crippen LogP contribution in [0.3, 0.4) is 0 Å². The summed E-state index contributed by atoms with van der Waals surface area (Å²) in [5.74, 6) is 0.444. The highest BCUT2D eigenvalue weighted by Gasteiger charge is 2.11. The number of H-pyrrole nitrogens is 1. The number of nitrogens with one attached hydrogen (secondary N) is 2. The number of carbonyl (C=O) groups excluding carboxylic acids is 1. The van der Waals surface area contributed by atoms with E-state index in [9.17, 15) is 4.79 Å². The third-order valence-electron chi connectivity index (χ3n) is 4.13. The molecule has 1 aromatic carbocycles. The van der Waals surface area contributed by atoms with Crippen LogP contribution in [0.2, 0.25) is 0 Å². The first-order valence-corrected chi connectivity index (χ1v) is 8.03. The largest absolute Gasteiger partial charge is 0.478 e. The Bertz CT molecular complexity index is 883. The predicted octanol–water partition coefficient (Wildman–Crippen LogP) is 3.51. The fraction of sp³-hybridized carbons (Fsp3) is 0.263. The van der Waals surface area contributed by atoms with Crippen molar-refractivity contribution in [3.63, 3.8) is 0 Å². The molecule has 0 saturated heterocycles. The minimum atomic E-state index is -0.127. The normalized spacial score (nSPS) is 10.8. The summed E-state index contributed by atoms with van der Waals surface area (Å²) < 4.78 is 5.37. The van der Waals surface area contributed by atoms with Crippen LogP contribution in [0, 0.1) is 13.8 Å². The topological polar surface area (TPSA) is 67.0 Å². The van der Waals surface area contributed by atoms with Crippen molar-refractivity contribution in [1.29, 1.82) is 0 Å². The molecular weight excluding hydrogens is 302 g/mol. The number of pyridine rings is 1. The molecule has 0 atom stereocenters. The molecule has 0 aliphatic carbocycles. The average molecular weight is 323 g/mol. The number of aryl methyl sites for hydroxylation is 2. The number of aromatic nitrogens is 2. The van der Waals surface area contributed by atoms with E-state index in [0.29, 0.717) is 24.7 Å². The molecule has 0 unspecified atom stereocenters. The molecule has 3 rings (SSSR count). The molecule has 2 heterocycles. The van der Waals surface area contributed by atoms with Gasteiger partial charge in [-0.3, -0.25) is 4.79 Å². The van der Waals surface area contributed by atoms with Crippen molar-refractivity contribution < 1.29 is 9.53 Å². The van der Waals surface area contributed by atoms with Crippen LogP contribution in [-0.2, 0) is 6.54 Å². The minimum Gasteiger partial charge on any atom is -0.478 e. The molecule has 0 spiro atoms. The van der Waals surface area contributed by atoms with Crippen molar-refractivity contribution in [2.45, 2.75) is 27.3 Å². The van der Waals surface area contributed by atoms with Gasteiger partial charge in [0.25, 0.3) is 5.91 Å². The molecule has 1 amide bonds. The van der Waals surface area contributed by atoms with Crippen LogP contribution >= 0.6 is 0 Å². The molecule has 0 bridgehead atoms. The molecule has 3 aromatic rings. The fourth-order valence-electron chi connectivity index (χ4n) is 2.65. The highest BCUT2D eigenvalue weighted by atomic mass is 16.5. The van der Waals surface area contributed by atoms with Crippen molar-refractivity contribution in [2.75, 3.05) is 6.61 Å². The quantitative estimate of drug-likeness (QED) is 0.755. The lowest BCUT2D eigenvalue weighted by molar-refractivity contribution is 0.0946. The van der Waals surface area contributed by atoms with Crippen LogP contribution in [0.15, 0.2) is 36.5 Å². The number of hydrogen-bond donors (Lipinski definition) is 2. The maximum atomic E-state index is 12.4. The molecule has 0 radical (unpaired) electrons. The summed E-state index contributed by atoms with van der Waals surface area (Å²) in [5, 5.41) is 4.01. The van der Waals surface area contributed by atoms with Crippen molar-refractivity contribution in [3.8, 4) is 5.88 Å². The zero-order valence-corrected chi connectivity index (χ0v) is 14.1. The highest BCUT2D eigenvalue weighted by Crippen LogP contribution is 2.22. The monoisotopic (exact) mass is 323 g/mol. The number of ether oxygens (including phenoxy) is 1. The first-order valence-electron chi connectivity index (χ1n) is 8.03. The summed E-state index contributed by atoms with van der Waals surface area (Å²) in [6.07, 6.45) is 1.68. The van der Waals surface area contributed by atoms with Crippen molar-refractivity contribution in [2.24, 2.45) is 0 Å². The molecule has 5 heteroatoms. The van der Waals surface area contributed by atoms with Gasteiger partial charge in [-0.15, -0.1) is 0 Å². The van der Waals surface area contributed by atoms with E-state index in [2.05, 4.69) is 35.2 Å². The van der Waals surface area contributed by atoms with Gasteiger partial charge in [0.2, 0.25) is 5.88 Å². The Morgan fingerprint density at radius 1 is 1.25 bits per heavy atom. The predicted molar refractivity (Wildman–Crippen MR) is 94.3 cm³/mol. The Labute approximate surface area is 141 Å². The lowest BCUT2D eigenvalue weighted by Crippen LogP contribution is -2.23. The average Bonchev–Trinajstić information content (AvgIpc) is 3.02. The van der Waals surface area contributed by atoms with E-state index in [1.165, 1.54) is 11.1 Å². The number of aromatic amines is 1. The van der Waals surface area contributed by atoms with Crippen molar-refractivity contribution in [1.82, 2.24) is 15.3 Å². The summed E-state index contributed by atoms with van der Waals surface area (Å²) >= 11 is 0. The second kappa shape index (κ2) is 6.74. The Balaban J connectivity index is 1.73. The molecule has 0 aliphatic heterocycles. The van der Waals surface area contributed by atoms with Gasteiger partial charge in [0.1, 0.15) is 5.69 Å². The first-order chi connectivity index (χ1) is 11.6. The standard InChI is InChI=1S/C19H21N3O2/c1-4-24-18-9-14(7-8-20-18)11-21-19(23)17-10-15-13(3)12(2)5-6-16(15)22-17/h5-10,22H,4,11H2,1-3H3,(H,21,23). The fourth-order valence-corrected chi connectivity index (χ4v) is 2.65. The molecule has 0 aliphatic rings. The molecule has 2 N–H and O–H groups in total. The summed E-state index contributed by atoms with van der Waals surface area (Å²) in [6.45, 7) is 7.04. The Morgan fingerprint density at radius 3 is 2.88 bits per heavy atom. The number of hydrogen-bond acceptors (Lipinski definition) is 3. The Kier molecular flexibility index (Phi) is 4.51. The number of amides is 1. The summed E-state index contributed by atoms with van der Waals surface area (Å²) in [7, 11) is 0. The van der Waals surface area contributed by atoms with Gasteiger partial charge < -0.3 is 15.0 Å². The van der Waals surface area contributed by atoms with E-state index in [1.54, 1.807) is 6.20 Å². The van der Waals surface area contributed by atoms with E-state index in [4.69, 9.17) is 4.74 Å². The van der Waals surface area contributed by atoms with Crippen molar-refractivity contribution in [3.05, 3.63) is 58.9 Å². The maximum absolute atomic E-state index is 12.4. The SMILES string of the molecule is CCOc1cc(CNC(=O)c2cc3c(C)c(C)ccc3[nH]2)ccn1. The Hall–Kier alpha value is -2.82. The molecule has 0 fully saturated rings. The summed E-state index contributed by atoms with van der Waals surface area (Å²) in [6, 6.07) is 9.67. The van der Waals surface area contributed by atoms with Gasteiger partial charge in [-0.1, -0.05) is 6.07 Å². The van der Waals surface area contributed by atoms with Gasteiger partial charge in [-0.25, -0.2) is 4.98 Å². The lowest BCUT2D eigenvalue weighted by atomic mass is 10.1. The van der Waals surface area contributed by atoms with Gasteiger partial charge in [0.15, 0.2) is 0 Å². The highest BCUT2D eigenvalue weighted by molar-refractivity contribution is 5.99. The smallest absolute Gasteiger partial charge is 0.267 e. The number of rotatable bonds is 5. The van der Waals surface area contributed by atoms with Crippen LogP contribution in [0.25, 0.3) is 10.9 Å². The zero-order chi connectivity index (χ0) is 17.1. The van der Waals surface area contributed by atoms with E-state index in [0.717, 1.165) is 16.5 Å². The van der Waals surface area contributed by atoms with E-state index in [-0.39, 0.29) is 5.91 Å². The minimum absolute atomic E-state index is 0.127. The van der Waals surface area contributed by atoms with Crippen LogP contribution in [-0.4, -0.2) is 22.5 Å². The number of fused-ring (bicyclic) bond motifs is 1. The second-order valence-electron chi connectivity index (χ2n) is 5.77. The second-order valence-corrected chi connectivity index (χ2v) is 5.77. The van der Waals surface area contributed by atoms with Gasteiger partial charge in [0, 0.05) is 29.7 Å². The summed E-state index contributed by atoms with van der Waals surface area (Å²) in [4.78, 5) is 19.7. The van der Waals surface area contributed by atoms with E-state index < -0.39 is 0 Å². The summed E-state index contributed by atoms with van der Waals surface area (Å²) in [5.41, 5.74) is 4.90. The lowest BCUT2D eigenvalue weighted by Gasteiger charge is -2.06. The molecule has 0 saturated carbocycles. The van der Waals surface area contributed by atoms with Crippen LogP contribution in [0.5, 0.6) is 5.88 Å². The van der Waals surface area contributed by atoms with Gasteiger partial charge in [-0.2, -0.15) is 0 Å². The van der Waals surface area contributed by atoms with Gasteiger partial charge in [0.05, 0.1) is 6.61 Å². The number of benzene rings is 1. The van der Waals surface area contributed by atoms with Crippen LogP contribution in [0.4, 0.5) is 0 Å². The first kappa shape index (κ1) is 16.1. The van der Waals surface area contributed by atoms with Gasteiger partial charge in [-0.05, 0) is 55.7 Å². The molecular formula is C19H21N3O2. The van der Waals surface area contributed by atoms with Gasteiger partial charge >= 0.3 is 0 Å². The number of nitrogens with zero attached hydrogens (tertiary/aromatic N) is 1. The number of carbonyl (C=O) groups is 1. The third-order valence-corrected chi connectivity index (χ3v) is 4.13. The van der Waals surface area contributed by atoms with E-state index in [1.807, 2.05) is 31.2 Å². The maximum Gasteiger partial charge on any atom is 0.267 e. The van der Waals surface area contributed by atoms with E-state index >= 15 is 0 Å². The Morgan fingerprint density at radius 2 is 2.08 bits per heavy atom. The molecule has 5 nitrogen and oxygen atoms in total. The van der Waals surface area contributed by atoms with Crippen LogP contribution < -0.4 is 10.1 Å².